The van der Waals surface area contributed by atoms with Gasteiger partial charge in [-0.05, 0) is 31.9 Å². The minimum Gasteiger partial charge on any atom is -0.351 e. The first kappa shape index (κ1) is 20.6. The lowest BCUT2D eigenvalue weighted by Gasteiger charge is -2.34. The molecule has 8 nitrogen and oxygen atoms in total. The number of amides is 2. The molecule has 1 aliphatic carbocycles. The molecule has 0 spiro atoms. The molecule has 1 aliphatic heterocycles. The molecule has 2 aromatic heterocycles. The van der Waals surface area contributed by atoms with Gasteiger partial charge in [-0.2, -0.15) is 13.9 Å². The molecule has 32 heavy (non-hydrogen) atoms. The molecule has 0 bridgehead atoms. The minimum absolute atomic E-state index is 0.119. The maximum Gasteiger partial charge on any atom is 0.345 e. The molecule has 1 aromatic carbocycles. The molecule has 2 N–H and O–H groups in total. The van der Waals surface area contributed by atoms with Crippen molar-refractivity contribution < 1.29 is 23.1 Å². The highest BCUT2D eigenvalue weighted by molar-refractivity contribution is 5.99. The van der Waals surface area contributed by atoms with Crippen molar-refractivity contribution in [3.05, 3.63) is 53.5 Å². The number of nitrogens with one attached hydrogen (secondary N) is 2. The van der Waals surface area contributed by atoms with E-state index in [9.17, 15) is 18.4 Å². The zero-order valence-electron chi connectivity index (χ0n) is 17.5. The summed E-state index contributed by atoms with van der Waals surface area (Å²) in [5, 5.41) is 8.08. The van der Waals surface area contributed by atoms with Gasteiger partial charge in [0.2, 0.25) is 0 Å². The number of alkyl halides is 2. The predicted molar refractivity (Wildman–Crippen MR) is 111 cm³/mol. The second-order valence-corrected chi connectivity index (χ2v) is 8.55. The lowest BCUT2D eigenvalue weighted by molar-refractivity contribution is -0.135. The summed E-state index contributed by atoms with van der Waals surface area (Å²) < 4.78 is 30.9. The van der Waals surface area contributed by atoms with Crippen molar-refractivity contribution in [3.63, 3.8) is 0 Å². The van der Waals surface area contributed by atoms with Crippen LogP contribution in [0.3, 0.4) is 0 Å². The van der Waals surface area contributed by atoms with Crippen LogP contribution in [0.2, 0.25) is 0 Å². The highest BCUT2D eigenvalue weighted by Crippen LogP contribution is 2.36. The Balaban J connectivity index is 1.35. The molecule has 0 saturated heterocycles. The lowest BCUT2D eigenvalue weighted by Crippen LogP contribution is -2.46. The van der Waals surface area contributed by atoms with E-state index in [-0.39, 0.29) is 25.1 Å². The molecule has 3 aromatic rings. The van der Waals surface area contributed by atoms with E-state index >= 15 is 0 Å². The Morgan fingerprint density at radius 2 is 2.12 bits per heavy atom. The van der Waals surface area contributed by atoms with Crippen LogP contribution in [-0.4, -0.2) is 56.3 Å². The van der Waals surface area contributed by atoms with Crippen LogP contribution in [0.5, 0.6) is 0 Å². The van der Waals surface area contributed by atoms with Crippen molar-refractivity contribution in [1.82, 2.24) is 25.0 Å². The minimum atomic E-state index is -2.88. The number of aromatic amines is 1. The Labute approximate surface area is 182 Å². The summed E-state index contributed by atoms with van der Waals surface area (Å²) in [6, 6.07) is 9.37. The zero-order valence-corrected chi connectivity index (χ0v) is 17.5. The Morgan fingerprint density at radius 1 is 1.34 bits per heavy atom. The van der Waals surface area contributed by atoms with Crippen LogP contribution in [0.1, 0.15) is 46.3 Å². The second-order valence-electron chi connectivity index (χ2n) is 8.55. The molecule has 0 unspecified atom stereocenters. The van der Waals surface area contributed by atoms with Gasteiger partial charge in [0.05, 0.1) is 42.7 Å². The Hall–Kier alpha value is -3.27. The topological polar surface area (TPSA) is 92.2 Å². The molecule has 168 valence electrons. The summed E-state index contributed by atoms with van der Waals surface area (Å²) in [6.45, 7) is -0.500. The smallest absolute Gasteiger partial charge is 0.345 e. The van der Waals surface area contributed by atoms with Gasteiger partial charge in [0.25, 0.3) is 11.8 Å². The third-order valence-electron chi connectivity index (χ3n) is 6.22. The predicted octanol–water partition coefficient (Wildman–Crippen LogP) is 2.91. The molecule has 3 heterocycles. The fourth-order valence-corrected chi connectivity index (χ4v) is 4.19. The summed E-state index contributed by atoms with van der Waals surface area (Å²) in [5.74, 6) is -0.550. The molecule has 10 heteroatoms. The number of halogens is 2. The van der Waals surface area contributed by atoms with Crippen molar-refractivity contribution in [2.75, 3.05) is 6.61 Å². The Kier molecular flexibility index (Phi) is 4.96. The Bertz CT molecular complexity index is 1150. The number of hydrogen-bond acceptors (Lipinski definition) is 4. The van der Waals surface area contributed by atoms with E-state index in [2.05, 4.69) is 20.1 Å². The van der Waals surface area contributed by atoms with E-state index in [1.54, 1.807) is 9.58 Å². The fraction of sp³-hybridized carbons (Fsp3) is 0.409. The number of nitrogens with zero attached hydrogens (tertiary/aromatic N) is 3. The number of aromatic nitrogens is 3. The maximum atomic E-state index is 13.3. The quantitative estimate of drug-likeness (QED) is 0.613. The number of para-hydroxylation sites is 1. The average Bonchev–Trinajstić information content (AvgIpc) is 3.20. The molecule has 2 aliphatic rings. The first-order valence-electron chi connectivity index (χ1n) is 10.5. The van der Waals surface area contributed by atoms with Gasteiger partial charge in [-0.3, -0.25) is 14.3 Å². The summed E-state index contributed by atoms with van der Waals surface area (Å²) in [6.07, 6.45) is 2.63. The number of ether oxygens (including phenoxy) is 1. The van der Waals surface area contributed by atoms with Gasteiger partial charge < -0.3 is 19.9 Å². The van der Waals surface area contributed by atoms with E-state index < -0.39 is 18.1 Å². The molecule has 2 amide bonds. The van der Waals surface area contributed by atoms with Crippen LogP contribution in [0.25, 0.3) is 10.9 Å². The Morgan fingerprint density at radius 3 is 2.84 bits per heavy atom. The molecule has 1 fully saturated rings. The summed E-state index contributed by atoms with van der Waals surface area (Å²) in [7, 11) is 0. The van der Waals surface area contributed by atoms with Gasteiger partial charge in [0.15, 0.2) is 0 Å². The van der Waals surface area contributed by atoms with Crippen LogP contribution in [0.4, 0.5) is 8.78 Å². The summed E-state index contributed by atoms with van der Waals surface area (Å²) in [5.41, 5.74) is 1.57. The van der Waals surface area contributed by atoms with Crippen LogP contribution < -0.4 is 5.32 Å². The summed E-state index contributed by atoms with van der Waals surface area (Å²) >= 11 is 0. The fourth-order valence-electron chi connectivity index (χ4n) is 4.19. The highest BCUT2D eigenvalue weighted by atomic mass is 19.3. The zero-order chi connectivity index (χ0) is 22.5. The van der Waals surface area contributed by atoms with Crippen molar-refractivity contribution in [3.8, 4) is 0 Å². The van der Waals surface area contributed by atoms with E-state index in [4.69, 9.17) is 0 Å². The number of H-pyrrole nitrogens is 1. The number of benzene rings is 1. The monoisotopic (exact) mass is 443 g/mol. The molecule has 1 atom stereocenters. The maximum absolute atomic E-state index is 13.3. The van der Waals surface area contributed by atoms with Gasteiger partial charge in [-0.1, -0.05) is 18.2 Å². The van der Waals surface area contributed by atoms with Crippen LogP contribution in [0.15, 0.2) is 36.5 Å². The highest BCUT2D eigenvalue weighted by Gasteiger charge is 2.46. The van der Waals surface area contributed by atoms with E-state index in [1.807, 2.05) is 37.3 Å². The summed E-state index contributed by atoms with van der Waals surface area (Å²) in [4.78, 5) is 31.0. The largest absolute Gasteiger partial charge is 0.351 e. The third-order valence-corrected chi connectivity index (χ3v) is 6.22. The van der Waals surface area contributed by atoms with E-state index in [1.165, 1.54) is 6.20 Å². The van der Waals surface area contributed by atoms with Crippen LogP contribution in [0, 0.1) is 0 Å². The number of hydrogen-bond donors (Lipinski definition) is 2. The van der Waals surface area contributed by atoms with Gasteiger partial charge in [0.1, 0.15) is 5.69 Å². The van der Waals surface area contributed by atoms with Crippen molar-refractivity contribution in [1.29, 1.82) is 0 Å². The number of rotatable bonds is 6. The first-order chi connectivity index (χ1) is 15.3. The third kappa shape index (κ3) is 3.75. The molecular weight excluding hydrogens is 420 g/mol. The average molecular weight is 443 g/mol. The van der Waals surface area contributed by atoms with Crippen LogP contribution in [-0.2, 0) is 17.8 Å². The van der Waals surface area contributed by atoms with Gasteiger partial charge in [-0.25, -0.2) is 0 Å². The van der Waals surface area contributed by atoms with E-state index in [0.717, 1.165) is 10.9 Å². The molecular formula is C22H23F2N5O3. The molecule has 1 saturated carbocycles. The SMILES string of the molecule is C[C@@H]1Cn2ncc(C(=O)NC3(COC(F)F)CC3)c2CN1C(=O)c1cc2ccccc2[nH]1. The van der Waals surface area contributed by atoms with Crippen LogP contribution >= 0.6 is 0 Å². The number of carbonyl (C=O) groups is 2. The lowest BCUT2D eigenvalue weighted by atomic mass is 10.1. The standard InChI is InChI=1S/C22H23F2N5O3/c1-13-10-29-18(11-28(13)20(31)17-8-14-4-2-3-5-16(14)26-17)15(9-25-29)19(30)27-22(6-7-22)12-32-21(23)24/h2-5,8-9,13,21,26H,6-7,10-12H2,1H3,(H,27,30)/t13-/m1/s1. The van der Waals surface area contributed by atoms with E-state index in [0.29, 0.717) is 36.3 Å². The molecule has 5 rings (SSSR count). The van der Waals surface area contributed by atoms with Gasteiger partial charge in [0, 0.05) is 16.9 Å². The van der Waals surface area contributed by atoms with Crippen molar-refractivity contribution in [2.24, 2.45) is 0 Å². The van der Waals surface area contributed by atoms with Gasteiger partial charge >= 0.3 is 6.61 Å². The van der Waals surface area contributed by atoms with Crippen molar-refractivity contribution in [2.45, 2.75) is 51.0 Å². The number of carbonyl (C=O) groups excluding carboxylic acids is 2. The first-order valence-corrected chi connectivity index (χ1v) is 10.5. The second kappa shape index (κ2) is 7.70. The van der Waals surface area contributed by atoms with Crippen molar-refractivity contribution >= 4 is 22.7 Å². The number of fused-ring (bicyclic) bond motifs is 2. The normalized spacial score (nSPS) is 19.2. The van der Waals surface area contributed by atoms with Gasteiger partial charge in [-0.15, -0.1) is 0 Å². The molecule has 0 radical (unpaired) electrons.